The number of thioether (sulfide) groups is 1. The molecular formula is C10H12N4O2S2. The Morgan fingerprint density at radius 1 is 1.39 bits per heavy atom. The number of hydrogen-bond donors (Lipinski definition) is 1. The van der Waals surface area contributed by atoms with Crippen LogP contribution in [-0.2, 0) is 4.74 Å². The van der Waals surface area contributed by atoms with Crippen LogP contribution in [0.5, 0.6) is 0 Å². The van der Waals surface area contributed by atoms with Crippen LogP contribution in [0.2, 0.25) is 0 Å². The molecule has 1 aliphatic rings. The van der Waals surface area contributed by atoms with Gasteiger partial charge >= 0.3 is 0 Å². The van der Waals surface area contributed by atoms with Crippen molar-refractivity contribution in [3.63, 3.8) is 0 Å². The molecule has 6 nitrogen and oxygen atoms in total. The lowest BCUT2D eigenvalue weighted by molar-refractivity contribution is 0.0677. The lowest BCUT2D eigenvalue weighted by Gasteiger charge is -2.18. The summed E-state index contributed by atoms with van der Waals surface area (Å²) in [6.07, 6.45) is -0.0770. The van der Waals surface area contributed by atoms with Crippen LogP contribution in [0.25, 0.3) is 10.8 Å². The number of ether oxygens (including phenoxy) is 1. The summed E-state index contributed by atoms with van der Waals surface area (Å²) in [7, 11) is 0. The minimum absolute atomic E-state index is 0.0770. The fraction of sp³-hybridized carbons (Fsp3) is 0.500. The van der Waals surface area contributed by atoms with Gasteiger partial charge in [0.25, 0.3) is 5.89 Å². The van der Waals surface area contributed by atoms with Crippen molar-refractivity contribution in [2.24, 2.45) is 0 Å². The van der Waals surface area contributed by atoms with Crippen molar-refractivity contribution in [2.75, 3.05) is 23.8 Å². The maximum Gasteiger partial charge on any atom is 0.270 e. The maximum atomic E-state index is 5.66. The predicted molar refractivity (Wildman–Crippen MR) is 70.6 cm³/mol. The zero-order valence-corrected chi connectivity index (χ0v) is 11.4. The van der Waals surface area contributed by atoms with Crippen molar-refractivity contribution in [1.82, 2.24) is 15.1 Å². The summed E-state index contributed by atoms with van der Waals surface area (Å²) in [6, 6.07) is 0. The summed E-state index contributed by atoms with van der Waals surface area (Å²) in [5, 5.41) is 4.49. The molecule has 1 aliphatic heterocycles. The lowest BCUT2D eigenvalue weighted by atomic mass is 10.3. The molecule has 18 heavy (non-hydrogen) atoms. The number of nitrogens with two attached hydrogens (primary N) is 1. The van der Waals surface area contributed by atoms with E-state index in [-0.39, 0.29) is 6.10 Å². The van der Waals surface area contributed by atoms with Crippen LogP contribution in [0.4, 0.5) is 5.13 Å². The third-order valence-corrected chi connectivity index (χ3v) is 4.52. The molecule has 0 aliphatic carbocycles. The predicted octanol–water partition coefficient (Wildman–Crippen LogP) is 1.89. The van der Waals surface area contributed by atoms with Gasteiger partial charge in [-0.1, -0.05) is 16.5 Å². The Kier molecular flexibility index (Phi) is 3.23. The first kappa shape index (κ1) is 11.9. The zero-order chi connectivity index (χ0) is 12.5. The van der Waals surface area contributed by atoms with Crippen LogP contribution in [0, 0.1) is 6.92 Å². The van der Waals surface area contributed by atoms with E-state index in [1.807, 2.05) is 18.7 Å². The van der Waals surface area contributed by atoms with Crippen LogP contribution >= 0.6 is 23.1 Å². The minimum atomic E-state index is -0.0770. The van der Waals surface area contributed by atoms with Gasteiger partial charge in [-0.2, -0.15) is 16.7 Å². The quantitative estimate of drug-likeness (QED) is 0.901. The van der Waals surface area contributed by atoms with Crippen LogP contribution in [-0.4, -0.2) is 33.2 Å². The fourth-order valence-corrected chi connectivity index (χ4v) is 3.31. The number of aromatic nitrogens is 3. The molecule has 0 saturated carbocycles. The highest BCUT2D eigenvalue weighted by Crippen LogP contribution is 2.32. The van der Waals surface area contributed by atoms with E-state index >= 15 is 0 Å². The molecule has 1 atom stereocenters. The molecule has 3 heterocycles. The molecule has 1 fully saturated rings. The second kappa shape index (κ2) is 4.87. The fourth-order valence-electron chi connectivity index (χ4n) is 1.71. The first-order chi connectivity index (χ1) is 8.74. The third kappa shape index (κ3) is 2.23. The molecule has 3 rings (SSSR count). The van der Waals surface area contributed by atoms with Gasteiger partial charge in [-0.3, -0.25) is 0 Å². The Morgan fingerprint density at radius 3 is 2.94 bits per heavy atom. The van der Waals surface area contributed by atoms with Crippen LogP contribution in [0.1, 0.15) is 17.6 Å². The molecule has 0 bridgehead atoms. The Hall–Kier alpha value is -1.12. The number of nitrogen functional groups attached to an aromatic ring is 1. The smallest absolute Gasteiger partial charge is 0.270 e. The first-order valence-corrected chi connectivity index (χ1v) is 7.47. The molecule has 0 radical (unpaired) electrons. The largest absolute Gasteiger partial charge is 0.375 e. The number of anilines is 1. The Labute approximate surface area is 112 Å². The van der Waals surface area contributed by atoms with Crippen LogP contribution in [0.3, 0.4) is 0 Å². The highest BCUT2D eigenvalue weighted by atomic mass is 32.2. The van der Waals surface area contributed by atoms with Gasteiger partial charge in [0.2, 0.25) is 5.82 Å². The van der Waals surface area contributed by atoms with Gasteiger partial charge in [0.15, 0.2) is 5.13 Å². The van der Waals surface area contributed by atoms with Gasteiger partial charge in [0.05, 0.1) is 12.3 Å². The standard InChI is InChI=1S/C10H12N4O2S2/c1-5-7(18-10(11)12-5)9-13-8(14-16-9)6-4-17-3-2-15-6/h6H,2-4H2,1H3,(H2,11,12). The van der Waals surface area contributed by atoms with Gasteiger partial charge in [-0.15, -0.1) is 0 Å². The maximum absolute atomic E-state index is 5.66. The number of rotatable bonds is 2. The van der Waals surface area contributed by atoms with E-state index in [9.17, 15) is 0 Å². The summed E-state index contributed by atoms with van der Waals surface area (Å²) >= 11 is 3.19. The Bertz CT molecular complexity index is 548. The molecule has 96 valence electrons. The SMILES string of the molecule is Cc1nc(N)sc1-c1nc(C2CSCCO2)no1. The van der Waals surface area contributed by atoms with Crippen molar-refractivity contribution in [3.8, 4) is 10.8 Å². The molecule has 1 unspecified atom stereocenters. The molecule has 2 aromatic rings. The molecule has 0 amide bonds. The number of thiazole rings is 1. The van der Waals surface area contributed by atoms with Gasteiger partial charge in [0.1, 0.15) is 11.0 Å². The second-order valence-corrected chi connectivity index (χ2v) is 6.04. The van der Waals surface area contributed by atoms with E-state index in [0.29, 0.717) is 16.8 Å². The summed E-state index contributed by atoms with van der Waals surface area (Å²) in [4.78, 5) is 9.35. The minimum Gasteiger partial charge on any atom is -0.375 e. The summed E-state index contributed by atoms with van der Waals surface area (Å²) < 4.78 is 10.9. The molecule has 2 aromatic heterocycles. The number of hydrogen-bond acceptors (Lipinski definition) is 8. The average molecular weight is 284 g/mol. The van der Waals surface area contributed by atoms with Crippen molar-refractivity contribution >= 4 is 28.2 Å². The van der Waals surface area contributed by atoms with Crippen molar-refractivity contribution in [3.05, 3.63) is 11.5 Å². The van der Waals surface area contributed by atoms with Crippen LogP contribution in [0.15, 0.2) is 4.52 Å². The Balaban J connectivity index is 1.86. The molecule has 0 aromatic carbocycles. The third-order valence-electron chi connectivity index (χ3n) is 2.55. The van der Waals surface area contributed by atoms with Gasteiger partial charge in [-0.25, -0.2) is 4.98 Å². The molecule has 0 spiro atoms. The summed E-state index contributed by atoms with van der Waals surface area (Å²) in [5.41, 5.74) is 6.47. The topological polar surface area (TPSA) is 87.1 Å². The van der Waals surface area contributed by atoms with E-state index in [4.69, 9.17) is 15.0 Å². The molecule has 2 N–H and O–H groups in total. The zero-order valence-electron chi connectivity index (χ0n) is 9.75. The molecular weight excluding hydrogens is 272 g/mol. The summed E-state index contributed by atoms with van der Waals surface area (Å²) in [5.74, 6) is 2.95. The normalized spacial score (nSPS) is 20.2. The number of aryl methyl sites for hydroxylation is 1. The van der Waals surface area contributed by atoms with E-state index < -0.39 is 0 Å². The first-order valence-electron chi connectivity index (χ1n) is 5.50. The summed E-state index contributed by atoms with van der Waals surface area (Å²) in [6.45, 7) is 2.60. The van der Waals surface area contributed by atoms with E-state index in [1.54, 1.807) is 0 Å². The van der Waals surface area contributed by atoms with Gasteiger partial charge < -0.3 is 15.0 Å². The van der Waals surface area contributed by atoms with Crippen molar-refractivity contribution in [1.29, 1.82) is 0 Å². The average Bonchev–Trinajstić information content (AvgIpc) is 2.97. The molecule has 8 heteroatoms. The second-order valence-electron chi connectivity index (χ2n) is 3.86. The highest BCUT2D eigenvalue weighted by Gasteiger charge is 2.23. The van der Waals surface area contributed by atoms with Gasteiger partial charge in [0, 0.05) is 11.5 Å². The van der Waals surface area contributed by atoms with E-state index in [2.05, 4.69) is 15.1 Å². The van der Waals surface area contributed by atoms with Gasteiger partial charge in [-0.05, 0) is 6.92 Å². The monoisotopic (exact) mass is 284 g/mol. The number of nitrogens with zero attached hydrogens (tertiary/aromatic N) is 3. The highest BCUT2D eigenvalue weighted by molar-refractivity contribution is 7.99. The van der Waals surface area contributed by atoms with Crippen LogP contribution < -0.4 is 5.73 Å². The molecule has 1 saturated heterocycles. The van der Waals surface area contributed by atoms with Crippen molar-refractivity contribution in [2.45, 2.75) is 13.0 Å². The van der Waals surface area contributed by atoms with E-state index in [1.165, 1.54) is 11.3 Å². The lowest BCUT2D eigenvalue weighted by Crippen LogP contribution is -2.16. The van der Waals surface area contributed by atoms with Crippen molar-refractivity contribution < 1.29 is 9.26 Å². The Morgan fingerprint density at radius 2 is 2.28 bits per heavy atom. The van der Waals surface area contributed by atoms with E-state index in [0.717, 1.165) is 28.7 Å².